The molecule has 3 unspecified atom stereocenters. The van der Waals surface area contributed by atoms with Crippen LogP contribution in [0.4, 0.5) is 5.82 Å². The molecule has 0 radical (unpaired) electrons. The SMILES string of the molecule is CC1C(N)C(O)CN1c1cc(-c2n[nH]c3ccc(OC4(C)CC4)cc23)ncn1. The van der Waals surface area contributed by atoms with Gasteiger partial charge < -0.3 is 20.5 Å². The third kappa shape index (κ3) is 2.89. The normalized spacial score (nSPS) is 26.0. The van der Waals surface area contributed by atoms with Crippen LogP contribution in [0.1, 0.15) is 26.7 Å². The van der Waals surface area contributed by atoms with Crippen LogP contribution in [0.3, 0.4) is 0 Å². The molecule has 28 heavy (non-hydrogen) atoms. The second kappa shape index (κ2) is 6.15. The molecule has 1 aromatic carbocycles. The Morgan fingerprint density at radius 3 is 2.82 bits per heavy atom. The average molecular weight is 380 g/mol. The first-order valence-electron chi connectivity index (χ1n) is 9.63. The molecule has 2 aliphatic rings. The first kappa shape index (κ1) is 17.4. The number of aromatic amines is 1. The fraction of sp³-hybridized carbons (Fsp3) is 0.450. The highest BCUT2D eigenvalue weighted by Gasteiger charge is 2.40. The minimum atomic E-state index is -0.567. The summed E-state index contributed by atoms with van der Waals surface area (Å²) in [5, 5.41) is 18.6. The van der Waals surface area contributed by atoms with Gasteiger partial charge in [0.2, 0.25) is 0 Å². The first-order valence-corrected chi connectivity index (χ1v) is 9.63. The van der Waals surface area contributed by atoms with E-state index >= 15 is 0 Å². The Morgan fingerprint density at radius 2 is 2.11 bits per heavy atom. The number of hydrogen-bond acceptors (Lipinski definition) is 7. The molecule has 1 saturated carbocycles. The smallest absolute Gasteiger partial charge is 0.132 e. The standard InChI is InChI=1S/C20H24N6O2/c1-11-18(21)16(27)9-26(11)17-8-15(22-10-23-17)19-13-7-12(28-20(2)5-6-20)3-4-14(13)24-25-19/h3-4,7-8,10-11,16,18,27H,5-6,9,21H2,1-2H3,(H,24,25). The Labute approximate surface area is 162 Å². The Bertz CT molecular complexity index is 1030. The highest BCUT2D eigenvalue weighted by Crippen LogP contribution is 2.40. The van der Waals surface area contributed by atoms with Crippen LogP contribution in [0.15, 0.2) is 30.6 Å². The molecule has 0 spiro atoms. The molecule has 5 rings (SSSR count). The maximum Gasteiger partial charge on any atom is 0.132 e. The molecular formula is C20H24N6O2. The number of aliphatic hydroxyl groups is 1. The Kier molecular flexibility index (Phi) is 3.82. The number of ether oxygens (including phenoxy) is 1. The van der Waals surface area contributed by atoms with Crippen molar-refractivity contribution in [3.8, 4) is 17.1 Å². The number of fused-ring (bicyclic) bond motifs is 1. The molecule has 0 amide bonds. The highest BCUT2D eigenvalue weighted by molar-refractivity contribution is 5.93. The lowest BCUT2D eigenvalue weighted by Crippen LogP contribution is -2.40. The maximum atomic E-state index is 10.1. The van der Waals surface area contributed by atoms with Crippen molar-refractivity contribution in [2.24, 2.45) is 5.73 Å². The van der Waals surface area contributed by atoms with Crippen molar-refractivity contribution in [1.29, 1.82) is 0 Å². The summed E-state index contributed by atoms with van der Waals surface area (Å²) in [6.45, 7) is 4.58. The summed E-state index contributed by atoms with van der Waals surface area (Å²) in [4.78, 5) is 10.8. The van der Waals surface area contributed by atoms with Crippen molar-refractivity contribution < 1.29 is 9.84 Å². The average Bonchev–Trinajstić information content (AvgIpc) is 3.17. The summed E-state index contributed by atoms with van der Waals surface area (Å²) in [6, 6.07) is 7.55. The van der Waals surface area contributed by atoms with Gasteiger partial charge >= 0.3 is 0 Å². The van der Waals surface area contributed by atoms with E-state index in [4.69, 9.17) is 10.5 Å². The van der Waals surface area contributed by atoms with Crippen LogP contribution < -0.4 is 15.4 Å². The van der Waals surface area contributed by atoms with E-state index in [1.165, 1.54) is 6.33 Å². The van der Waals surface area contributed by atoms with Crippen LogP contribution in [0.5, 0.6) is 5.75 Å². The molecule has 1 saturated heterocycles. The number of nitrogens with one attached hydrogen (secondary N) is 1. The number of benzene rings is 1. The fourth-order valence-electron chi connectivity index (χ4n) is 3.77. The molecule has 3 aromatic rings. The number of β-amino-alcohol motifs (C(OH)–C–C–N with tert-alkyl or cyclic N) is 1. The summed E-state index contributed by atoms with van der Waals surface area (Å²) in [6.07, 6.45) is 3.13. The number of nitrogens with zero attached hydrogens (tertiary/aromatic N) is 4. The number of nitrogens with two attached hydrogens (primary N) is 1. The van der Waals surface area contributed by atoms with E-state index in [9.17, 15) is 5.11 Å². The zero-order valence-corrected chi connectivity index (χ0v) is 16.0. The number of anilines is 1. The van der Waals surface area contributed by atoms with E-state index in [2.05, 4.69) is 27.1 Å². The van der Waals surface area contributed by atoms with Gasteiger partial charge in [-0.3, -0.25) is 5.10 Å². The minimum Gasteiger partial charge on any atom is -0.488 e. The topological polar surface area (TPSA) is 113 Å². The van der Waals surface area contributed by atoms with Crippen molar-refractivity contribution >= 4 is 16.7 Å². The van der Waals surface area contributed by atoms with Gasteiger partial charge in [0.1, 0.15) is 29.2 Å². The van der Waals surface area contributed by atoms with E-state index < -0.39 is 6.10 Å². The Balaban J connectivity index is 1.51. The number of H-pyrrole nitrogens is 1. The zero-order chi connectivity index (χ0) is 19.5. The monoisotopic (exact) mass is 380 g/mol. The third-order valence-corrected chi connectivity index (χ3v) is 5.92. The molecule has 8 heteroatoms. The molecule has 1 aliphatic carbocycles. The maximum absolute atomic E-state index is 10.1. The van der Waals surface area contributed by atoms with Crippen molar-refractivity contribution in [2.45, 2.75) is 50.5 Å². The van der Waals surface area contributed by atoms with Crippen LogP contribution in [0.25, 0.3) is 22.3 Å². The Hall–Kier alpha value is -2.71. The van der Waals surface area contributed by atoms with Crippen molar-refractivity contribution in [1.82, 2.24) is 20.2 Å². The van der Waals surface area contributed by atoms with Gasteiger partial charge in [-0.05, 0) is 44.9 Å². The van der Waals surface area contributed by atoms with Gasteiger partial charge in [-0.25, -0.2) is 9.97 Å². The second-order valence-corrected chi connectivity index (χ2v) is 8.13. The number of hydrogen-bond donors (Lipinski definition) is 3. The summed E-state index contributed by atoms with van der Waals surface area (Å²) in [5.41, 5.74) is 8.42. The quantitative estimate of drug-likeness (QED) is 0.633. The molecule has 146 valence electrons. The van der Waals surface area contributed by atoms with E-state index in [0.717, 1.165) is 41.0 Å². The van der Waals surface area contributed by atoms with Crippen LogP contribution in [0, 0.1) is 0 Å². The van der Waals surface area contributed by atoms with Crippen molar-refractivity contribution in [2.75, 3.05) is 11.4 Å². The molecule has 3 heterocycles. The van der Waals surface area contributed by atoms with Crippen LogP contribution in [0.2, 0.25) is 0 Å². The summed E-state index contributed by atoms with van der Waals surface area (Å²) in [7, 11) is 0. The van der Waals surface area contributed by atoms with E-state index in [1.807, 2.05) is 36.1 Å². The van der Waals surface area contributed by atoms with Gasteiger partial charge in [-0.15, -0.1) is 0 Å². The zero-order valence-electron chi connectivity index (χ0n) is 16.0. The van der Waals surface area contributed by atoms with Crippen molar-refractivity contribution in [3.05, 3.63) is 30.6 Å². The van der Waals surface area contributed by atoms with E-state index in [0.29, 0.717) is 12.2 Å². The molecule has 1 aliphatic heterocycles. The Morgan fingerprint density at radius 1 is 1.29 bits per heavy atom. The van der Waals surface area contributed by atoms with Crippen LogP contribution in [-0.2, 0) is 0 Å². The highest BCUT2D eigenvalue weighted by atomic mass is 16.5. The summed E-state index contributed by atoms with van der Waals surface area (Å²) in [5.74, 6) is 1.57. The molecule has 4 N–H and O–H groups in total. The van der Waals surface area contributed by atoms with Gasteiger partial charge in [0.25, 0.3) is 0 Å². The molecule has 3 atom stereocenters. The molecular weight excluding hydrogens is 356 g/mol. The molecule has 2 aromatic heterocycles. The van der Waals surface area contributed by atoms with Gasteiger partial charge in [-0.1, -0.05) is 0 Å². The van der Waals surface area contributed by atoms with Gasteiger partial charge in [-0.2, -0.15) is 5.10 Å². The lowest BCUT2D eigenvalue weighted by atomic mass is 10.1. The van der Waals surface area contributed by atoms with Gasteiger partial charge in [0.05, 0.1) is 23.4 Å². The predicted molar refractivity (Wildman–Crippen MR) is 106 cm³/mol. The summed E-state index contributed by atoms with van der Waals surface area (Å²) < 4.78 is 6.10. The number of aliphatic hydroxyl groups excluding tert-OH is 1. The van der Waals surface area contributed by atoms with Gasteiger partial charge in [0, 0.05) is 24.0 Å². The van der Waals surface area contributed by atoms with Crippen LogP contribution in [-0.4, -0.2) is 55.6 Å². The lowest BCUT2D eigenvalue weighted by Gasteiger charge is -2.23. The lowest BCUT2D eigenvalue weighted by molar-refractivity contribution is 0.175. The van der Waals surface area contributed by atoms with E-state index in [1.54, 1.807) is 0 Å². The van der Waals surface area contributed by atoms with Gasteiger partial charge in [0.15, 0.2) is 0 Å². The second-order valence-electron chi connectivity index (χ2n) is 8.13. The number of rotatable bonds is 4. The van der Waals surface area contributed by atoms with E-state index in [-0.39, 0.29) is 17.7 Å². The van der Waals surface area contributed by atoms with Crippen LogP contribution >= 0.6 is 0 Å². The minimum absolute atomic E-state index is 0.00651. The van der Waals surface area contributed by atoms with Crippen molar-refractivity contribution in [3.63, 3.8) is 0 Å². The molecule has 0 bridgehead atoms. The fourth-order valence-corrected chi connectivity index (χ4v) is 3.77. The largest absolute Gasteiger partial charge is 0.488 e. The number of aromatic nitrogens is 4. The third-order valence-electron chi connectivity index (χ3n) is 5.92. The summed E-state index contributed by atoms with van der Waals surface area (Å²) >= 11 is 0. The molecule has 2 fully saturated rings. The first-order chi connectivity index (χ1) is 13.4. The molecule has 8 nitrogen and oxygen atoms in total. The predicted octanol–water partition coefficient (Wildman–Crippen LogP) is 1.85.